The van der Waals surface area contributed by atoms with Crippen molar-refractivity contribution in [1.29, 1.82) is 0 Å². The number of hydrogen-bond donors (Lipinski definition) is 1. The quantitative estimate of drug-likeness (QED) is 0.866. The lowest BCUT2D eigenvalue weighted by atomic mass is 10.0. The lowest BCUT2D eigenvalue weighted by Crippen LogP contribution is -2.14. The Labute approximate surface area is 102 Å². The predicted molar refractivity (Wildman–Crippen MR) is 67.9 cm³/mol. The van der Waals surface area contributed by atoms with Crippen molar-refractivity contribution >= 4 is 5.69 Å². The molecule has 0 saturated carbocycles. The number of anilines is 1. The lowest BCUT2D eigenvalue weighted by molar-refractivity contribution is 0.187. The van der Waals surface area contributed by atoms with Crippen LogP contribution in [0.3, 0.4) is 0 Å². The first kappa shape index (κ1) is 12.4. The van der Waals surface area contributed by atoms with Gasteiger partial charge in [0.15, 0.2) is 0 Å². The molecule has 0 aromatic heterocycles. The van der Waals surface area contributed by atoms with E-state index in [0.717, 1.165) is 37.4 Å². The average molecular weight is 237 g/mol. The van der Waals surface area contributed by atoms with Gasteiger partial charge in [0.1, 0.15) is 5.82 Å². The van der Waals surface area contributed by atoms with Crippen LogP contribution in [0.2, 0.25) is 0 Å². The number of benzene rings is 1. The fraction of sp³-hybridized carbons (Fsp3) is 0.571. The van der Waals surface area contributed by atoms with Crippen molar-refractivity contribution in [2.75, 3.05) is 25.1 Å². The van der Waals surface area contributed by atoms with Gasteiger partial charge >= 0.3 is 0 Å². The number of rotatable bonds is 4. The van der Waals surface area contributed by atoms with Crippen molar-refractivity contribution < 1.29 is 9.13 Å². The molecule has 1 aromatic carbocycles. The van der Waals surface area contributed by atoms with Gasteiger partial charge in [-0.25, -0.2) is 4.39 Å². The standard InChI is InChI=1S/C14H20FNO/c1-10(2)13-7-12(3-4-14(13)15)16-8-11-5-6-17-9-11/h3-4,7,10-11,16H,5-6,8-9H2,1-2H3. The van der Waals surface area contributed by atoms with Crippen LogP contribution in [0, 0.1) is 11.7 Å². The van der Waals surface area contributed by atoms with Crippen molar-refractivity contribution in [3.63, 3.8) is 0 Å². The van der Waals surface area contributed by atoms with Gasteiger partial charge < -0.3 is 10.1 Å². The van der Waals surface area contributed by atoms with Crippen LogP contribution in [0.15, 0.2) is 18.2 Å². The van der Waals surface area contributed by atoms with E-state index >= 15 is 0 Å². The molecule has 1 aliphatic rings. The Morgan fingerprint density at radius 2 is 2.29 bits per heavy atom. The Hall–Kier alpha value is -1.09. The molecule has 1 unspecified atom stereocenters. The fourth-order valence-corrected chi connectivity index (χ4v) is 2.10. The zero-order valence-electron chi connectivity index (χ0n) is 10.5. The van der Waals surface area contributed by atoms with Gasteiger partial charge in [-0.1, -0.05) is 13.8 Å². The normalized spacial score (nSPS) is 19.9. The average Bonchev–Trinajstić information content (AvgIpc) is 2.80. The number of ether oxygens (including phenoxy) is 1. The minimum absolute atomic E-state index is 0.116. The second kappa shape index (κ2) is 5.50. The van der Waals surface area contributed by atoms with E-state index in [1.54, 1.807) is 12.1 Å². The first-order chi connectivity index (χ1) is 8.16. The molecule has 1 heterocycles. The maximum absolute atomic E-state index is 13.5. The van der Waals surface area contributed by atoms with Gasteiger partial charge in [0.25, 0.3) is 0 Å². The molecule has 1 saturated heterocycles. The van der Waals surface area contributed by atoms with E-state index in [2.05, 4.69) is 5.32 Å². The van der Waals surface area contributed by atoms with Gasteiger partial charge in [0.2, 0.25) is 0 Å². The van der Waals surface area contributed by atoms with Crippen LogP contribution in [-0.4, -0.2) is 19.8 Å². The van der Waals surface area contributed by atoms with E-state index in [-0.39, 0.29) is 11.7 Å². The van der Waals surface area contributed by atoms with Crippen LogP contribution in [0.1, 0.15) is 31.7 Å². The van der Waals surface area contributed by atoms with Crippen LogP contribution in [0.5, 0.6) is 0 Å². The smallest absolute Gasteiger partial charge is 0.126 e. The Morgan fingerprint density at radius 1 is 1.47 bits per heavy atom. The minimum Gasteiger partial charge on any atom is -0.385 e. The Bertz CT molecular complexity index is 372. The summed E-state index contributed by atoms with van der Waals surface area (Å²) in [5.74, 6) is 0.684. The molecule has 1 N–H and O–H groups in total. The SMILES string of the molecule is CC(C)c1cc(NCC2CCOC2)ccc1F. The van der Waals surface area contributed by atoms with Crippen LogP contribution in [-0.2, 0) is 4.74 Å². The highest BCUT2D eigenvalue weighted by atomic mass is 19.1. The molecule has 0 aliphatic carbocycles. The van der Waals surface area contributed by atoms with Crippen molar-refractivity contribution in [2.45, 2.75) is 26.2 Å². The third-order valence-electron chi connectivity index (χ3n) is 3.24. The molecule has 3 heteroatoms. The van der Waals surface area contributed by atoms with Gasteiger partial charge in [0, 0.05) is 24.8 Å². The van der Waals surface area contributed by atoms with Crippen LogP contribution in [0.4, 0.5) is 10.1 Å². The second-order valence-corrected chi connectivity index (χ2v) is 5.00. The summed E-state index contributed by atoms with van der Waals surface area (Å²) in [5.41, 5.74) is 1.78. The maximum atomic E-state index is 13.5. The summed E-state index contributed by atoms with van der Waals surface area (Å²) >= 11 is 0. The van der Waals surface area contributed by atoms with E-state index in [4.69, 9.17) is 4.74 Å². The van der Waals surface area contributed by atoms with E-state index < -0.39 is 0 Å². The maximum Gasteiger partial charge on any atom is 0.126 e. The Kier molecular flexibility index (Phi) is 4.00. The van der Waals surface area contributed by atoms with Gasteiger partial charge in [-0.15, -0.1) is 0 Å². The zero-order valence-corrected chi connectivity index (χ0v) is 10.5. The monoisotopic (exact) mass is 237 g/mol. The highest BCUT2D eigenvalue weighted by Crippen LogP contribution is 2.23. The second-order valence-electron chi connectivity index (χ2n) is 5.00. The van der Waals surface area contributed by atoms with Crippen LogP contribution < -0.4 is 5.32 Å². The van der Waals surface area contributed by atoms with Crippen LogP contribution >= 0.6 is 0 Å². The third kappa shape index (κ3) is 3.19. The molecule has 2 rings (SSSR count). The van der Waals surface area contributed by atoms with E-state index in [9.17, 15) is 4.39 Å². The molecule has 1 aliphatic heterocycles. The topological polar surface area (TPSA) is 21.3 Å². The fourth-order valence-electron chi connectivity index (χ4n) is 2.10. The van der Waals surface area contributed by atoms with Gasteiger partial charge in [-0.05, 0) is 36.1 Å². The van der Waals surface area contributed by atoms with Crippen molar-refractivity contribution in [3.05, 3.63) is 29.6 Å². The highest BCUT2D eigenvalue weighted by Gasteiger charge is 2.15. The molecule has 94 valence electrons. The minimum atomic E-state index is -0.116. The van der Waals surface area contributed by atoms with E-state index in [1.807, 2.05) is 19.9 Å². The van der Waals surface area contributed by atoms with Gasteiger partial charge in [-0.2, -0.15) is 0 Å². The number of nitrogens with one attached hydrogen (secondary N) is 1. The lowest BCUT2D eigenvalue weighted by Gasteiger charge is -2.13. The Morgan fingerprint density at radius 3 is 2.94 bits per heavy atom. The summed E-state index contributed by atoms with van der Waals surface area (Å²) in [6, 6.07) is 5.26. The molecule has 0 radical (unpaired) electrons. The molecule has 1 fully saturated rings. The molecular formula is C14H20FNO. The molecule has 2 nitrogen and oxygen atoms in total. The Balaban J connectivity index is 1.98. The first-order valence-electron chi connectivity index (χ1n) is 6.28. The van der Waals surface area contributed by atoms with E-state index in [1.165, 1.54) is 0 Å². The van der Waals surface area contributed by atoms with Gasteiger partial charge in [-0.3, -0.25) is 0 Å². The summed E-state index contributed by atoms with van der Waals surface area (Å²) in [6.07, 6.45) is 1.12. The van der Waals surface area contributed by atoms with Crippen molar-refractivity contribution in [1.82, 2.24) is 0 Å². The van der Waals surface area contributed by atoms with E-state index in [0.29, 0.717) is 5.92 Å². The molecule has 1 aromatic rings. The molecule has 0 bridgehead atoms. The summed E-state index contributed by atoms with van der Waals surface area (Å²) in [6.45, 7) is 6.63. The summed E-state index contributed by atoms with van der Waals surface area (Å²) in [7, 11) is 0. The molecule has 0 spiro atoms. The summed E-state index contributed by atoms with van der Waals surface area (Å²) in [4.78, 5) is 0. The van der Waals surface area contributed by atoms with Crippen LogP contribution in [0.25, 0.3) is 0 Å². The highest BCUT2D eigenvalue weighted by molar-refractivity contribution is 5.47. The molecule has 1 atom stereocenters. The predicted octanol–water partition coefficient (Wildman–Crippen LogP) is 3.40. The molecule has 17 heavy (non-hydrogen) atoms. The van der Waals surface area contributed by atoms with Crippen molar-refractivity contribution in [2.24, 2.45) is 5.92 Å². The van der Waals surface area contributed by atoms with Crippen molar-refractivity contribution in [3.8, 4) is 0 Å². The third-order valence-corrected chi connectivity index (χ3v) is 3.24. The molecular weight excluding hydrogens is 217 g/mol. The summed E-state index contributed by atoms with van der Waals surface area (Å²) < 4.78 is 18.8. The number of hydrogen-bond acceptors (Lipinski definition) is 2. The largest absolute Gasteiger partial charge is 0.385 e. The molecule has 0 amide bonds. The van der Waals surface area contributed by atoms with Gasteiger partial charge in [0.05, 0.1) is 6.61 Å². The first-order valence-corrected chi connectivity index (χ1v) is 6.28. The zero-order chi connectivity index (χ0) is 12.3. The summed E-state index contributed by atoms with van der Waals surface area (Å²) in [5, 5.41) is 3.36. The number of halogens is 1.